The van der Waals surface area contributed by atoms with E-state index in [2.05, 4.69) is 24.6 Å². The first-order valence-corrected chi connectivity index (χ1v) is 19.7. The fourth-order valence-corrected chi connectivity index (χ4v) is 7.34. The maximum Gasteiger partial charge on any atom is 0.398 e. The van der Waals surface area contributed by atoms with Gasteiger partial charge in [-0.1, -0.05) is 44.7 Å². The monoisotopic (exact) mass is 668 g/mol. The smallest absolute Gasteiger partial charge is 0.398 e. The summed E-state index contributed by atoms with van der Waals surface area (Å²) in [6.07, 6.45) is 2.88. The number of pyridine rings is 1. The van der Waals surface area contributed by atoms with E-state index in [0.717, 1.165) is 43.9 Å². The van der Waals surface area contributed by atoms with Crippen LogP contribution in [0.4, 0.5) is 22.0 Å². The van der Waals surface area contributed by atoms with E-state index in [1.165, 1.54) is 23.0 Å². The van der Waals surface area contributed by atoms with Crippen molar-refractivity contribution in [3.8, 4) is 11.5 Å². The predicted molar refractivity (Wildman–Crippen MR) is 171 cm³/mol. The van der Waals surface area contributed by atoms with Crippen LogP contribution in [0.3, 0.4) is 0 Å². The molecule has 0 radical (unpaired) electrons. The van der Waals surface area contributed by atoms with Crippen LogP contribution in [-0.2, 0) is 23.3 Å². The summed E-state index contributed by atoms with van der Waals surface area (Å²) in [5.41, 5.74) is -1.71. The molecular weight excluding hydrogens is 628 g/mol. The molecule has 1 N–H and O–H groups in total. The number of fused-ring (bicyclic) bond motifs is 1. The molecule has 5 rings (SSSR count). The zero-order valence-corrected chi connectivity index (χ0v) is 27.9. The zero-order valence-electron chi connectivity index (χ0n) is 26.0. The van der Waals surface area contributed by atoms with Crippen molar-refractivity contribution in [2.24, 2.45) is 5.41 Å². The van der Waals surface area contributed by atoms with Crippen molar-refractivity contribution < 1.29 is 36.5 Å². The van der Waals surface area contributed by atoms with E-state index in [1.807, 2.05) is 0 Å². The number of benzene rings is 1. The van der Waals surface area contributed by atoms with Crippen LogP contribution in [0, 0.1) is 17.0 Å². The molecule has 2 fully saturated rings. The zero-order chi connectivity index (χ0) is 32.6. The second-order valence-corrected chi connectivity index (χ2v) is 20.2. The average Bonchev–Trinajstić information content (AvgIpc) is 3.25. The quantitative estimate of drug-likeness (QED) is 0.0804. The fraction of sp³-hybridized carbons (Fsp3) is 0.576. The lowest BCUT2D eigenvalue weighted by Crippen LogP contribution is -2.47. The lowest BCUT2D eigenvalue weighted by molar-refractivity contribution is -0.212. The number of halogens is 5. The number of hydrogen-bond donors (Lipinski definition) is 1. The SMILES string of the molecule is C[Si](C)(C)CCOCn1cc(C2(C(F)(F)F)CCC2)c2c(Oc3c(F)cc(CC(=S)CCC4(CO)CCC4)cc3F)ccnc21. The lowest BCUT2D eigenvalue weighted by Gasteiger charge is -2.43. The predicted octanol–water partition coefficient (Wildman–Crippen LogP) is 9.26. The molecule has 0 unspecified atom stereocenters. The fourth-order valence-electron chi connectivity index (χ4n) is 6.32. The van der Waals surface area contributed by atoms with Gasteiger partial charge in [0.05, 0.1) is 10.8 Å². The van der Waals surface area contributed by atoms with Crippen molar-refractivity contribution >= 4 is 36.2 Å². The number of alkyl halides is 3. The van der Waals surface area contributed by atoms with Crippen LogP contribution in [-0.4, -0.2) is 47.0 Å². The van der Waals surface area contributed by atoms with Crippen molar-refractivity contribution in [3.05, 3.63) is 53.4 Å². The van der Waals surface area contributed by atoms with E-state index in [9.17, 15) is 18.3 Å². The van der Waals surface area contributed by atoms with Gasteiger partial charge >= 0.3 is 6.18 Å². The van der Waals surface area contributed by atoms with Gasteiger partial charge in [0, 0.05) is 40.1 Å². The van der Waals surface area contributed by atoms with Crippen molar-refractivity contribution in [2.75, 3.05) is 13.2 Å². The normalized spacial score (nSPS) is 17.6. The van der Waals surface area contributed by atoms with Crippen LogP contribution in [0.5, 0.6) is 11.5 Å². The van der Waals surface area contributed by atoms with Gasteiger partial charge in [-0.3, -0.25) is 0 Å². The van der Waals surface area contributed by atoms with Gasteiger partial charge in [-0.25, -0.2) is 13.8 Å². The first-order chi connectivity index (χ1) is 21.2. The van der Waals surface area contributed by atoms with Crippen molar-refractivity contribution in [1.82, 2.24) is 9.55 Å². The van der Waals surface area contributed by atoms with E-state index in [-0.39, 0.29) is 60.4 Å². The standard InChI is InChI=1S/C33H41F5N2O3SSi/c1-45(2,3)15-14-42-21-40-19-24(32(10-5-11-32)33(36,37)38)28-27(7-13-39-30(28)40)43-29-25(34)17-22(18-26(29)35)16-23(44)6-12-31(20-41)8-4-9-31/h7,13,17-19,41H,4-6,8-12,14-16,20-21H2,1-3H3. The molecule has 45 heavy (non-hydrogen) atoms. The molecule has 0 bridgehead atoms. The Morgan fingerprint density at radius 1 is 1.09 bits per heavy atom. The van der Waals surface area contributed by atoms with Gasteiger partial charge in [0.1, 0.15) is 18.1 Å². The second kappa shape index (κ2) is 13.0. The third kappa shape index (κ3) is 7.13. The summed E-state index contributed by atoms with van der Waals surface area (Å²) in [7, 11) is -1.39. The molecule has 0 saturated heterocycles. The molecule has 0 atom stereocenters. The van der Waals surface area contributed by atoms with E-state index in [0.29, 0.717) is 29.9 Å². The number of thiocarbonyl (C=S) groups is 1. The maximum atomic E-state index is 15.4. The summed E-state index contributed by atoms with van der Waals surface area (Å²) in [5.74, 6) is -2.77. The van der Waals surface area contributed by atoms with Crippen LogP contribution in [0.1, 0.15) is 62.5 Å². The van der Waals surface area contributed by atoms with Gasteiger partial charge in [-0.05, 0) is 84.2 Å². The molecular formula is C33H41F5N2O3SSi. The first kappa shape index (κ1) is 33.9. The minimum atomic E-state index is -4.54. The molecule has 246 valence electrons. The highest BCUT2D eigenvalue weighted by Gasteiger charge is 2.60. The van der Waals surface area contributed by atoms with Gasteiger partial charge < -0.3 is 19.1 Å². The average molecular weight is 669 g/mol. The Hall–Kier alpha value is -2.41. The van der Waals surface area contributed by atoms with E-state index >= 15 is 8.78 Å². The third-order valence-electron chi connectivity index (χ3n) is 9.57. The largest absolute Gasteiger partial charge is 0.450 e. The third-order valence-corrected chi connectivity index (χ3v) is 11.6. The summed E-state index contributed by atoms with van der Waals surface area (Å²) >= 11 is 5.49. The maximum absolute atomic E-state index is 15.4. The number of hydrogen-bond acceptors (Lipinski definition) is 5. The van der Waals surface area contributed by atoms with Crippen molar-refractivity contribution in [1.29, 1.82) is 0 Å². The molecule has 2 aliphatic carbocycles. The Morgan fingerprint density at radius 3 is 2.29 bits per heavy atom. The van der Waals surface area contributed by atoms with Gasteiger partial charge in [-0.15, -0.1) is 0 Å². The molecule has 0 spiro atoms. The second-order valence-electron chi connectivity index (χ2n) is 14.0. The number of aliphatic hydroxyl groups is 1. The van der Waals surface area contributed by atoms with Gasteiger partial charge in [0.15, 0.2) is 17.4 Å². The van der Waals surface area contributed by atoms with Crippen molar-refractivity contribution in [2.45, 2.75) is 102 Å². The molecule has 12 heteroatoms. The van der Waals surface area contributed by atoms with E-state index in [1.54, 1.807) is 0 Å². The summed E-state index contributed by atoms with van der Waals surface area (Å²) < 4.78 is 87.7. The summed E-state index contributed by atoms with van der Waals surface area (Å²) in [6, 6.07) is 4.52. The molecule has 0 aliphatic heterocycles. The molecule has 3 aromatic rings. The Balaban J connectivity index is 1.42. The number of nitrogens with zero attached hydrogens (tertiary/aromatic N) is 2. The summed E-state index contributed by atoms with van der Waals surface area (Å²) in [5, 5.41) is 9.77. The highest BCUT2D eigenvalue weighted by molar-refractivity contribution is 7.80. The highest BCUT2D eigenvalue weighted by atomic mass is 32.1. The van der Waals surface area contributed by atoms with Gasteiger partial charge in [-0.2, -0.15) is 13.2 Å². The molecule has 0 amide bonds. The van der Waals surface area contributed by atoms with Crippen LogP contribution in [0.2, 0.25) is 25.7 Å². The highest BCUT2D eigenvalue weighted by Crippen LogP contribution is 2.57. The van der Waals surface area contributed by atoms with Crippen molar-refractivity contribution in [3.63, 3.8) is 0 Å². The minimum Gasteiger partial charge on any atom is -0.450 e. The summed E-state index contributed by atoms with van der Waals surface area (Å²) in [4.78, 5) is 4.99. The molecule has 5 nitrogen and oxygen atoms in total. The summed E-state index contributed by atoms with van der Waals surface area (Å²) in [6.45, 7) is 7.17. The van der Waals surface area contributed by atoms with Crippen LogP contribution >= 0.6 is 12.2 Å². The minimum absolute atomic E-state index is 0.0118. The first-order valence-electron chi connectivity index (χ1n) is 15.6. The number of aliphatic hydroxyl groups excluding tert-OH is 1. The molecule has 2 aliphatic rings. The van der Waals surface area contributed by atoms with Crippen LogP contribution in [0.15, 0.2) is 30.6 Å². The Bertz CT molecular complexity index is 1520. The Kier molecular flexibility index (Phi) is 9.81. The molecule has 2 saturated carbocycles. The molecule has 1 aromatic carbocycles. The number of aromatic nitrogens is 2. The molecule has 2 aromatic heterocycles. The van der Waals surface area contributed by atoms with E-state index < -0.39 is 37.0 Å². The van der Waals surface area contributed by atoms with E-state index in [4.69, 9.17) is 21.7 Å². The van der Waals surface area contributed by atoms with Crippen LogP contribution in [0.25, 0.3) is 11.0 Å². The Morgan fingerprint density at radius 2 is 1.76 bits per heavy atom. The Labute approximate surface area is 267 Å². The van der Waals surface area contributed by atoms with Gasteiger partial charge in [0.25, 0.3) is 0 Å². The topological polar surface area (TPSA) is 56.5 Å². The molecule has 2 heterocycles. The number of rotatable bonds is 14. The lowest BCUT2D eigenvalue weighted by atomic mass is 9.64. The van der Waals surface area contributed by atoms with Gasteiger partial charge in [0.2, 0.25) is 0 Å². The number of ether oxygens (including phenoxy) is 2. The van der Waals surface area contributed by atoms with Crippen LogP contribution < -0.4 is 4.74 Å².